The molecule has 1 fully saturated rings. The Bertz CT molecular complexity index is 413. The Kier molecular flexibility index (Phi) is 4.16. The number of hydrogen-bond donors (Lipinski definition) is 2. The summed E-state index contributed by atoms with van der Waals surface area (Å²) < 4.78 is 5.76. The Morgan fingerprint density at radius 3 is 2.53 bits per heavy atom. The van der Waals surface area contributed by atoms with Crippen LogP contribution in [-0.4, -0.2) is 29.9 Å². The highest BCUT2D eigenvalue weighted by Crippen LogP contribution is 2.40. The van der Waals surface area contributed by atoms with Crippen LogP contribution in [0.25, 0.3) is 0 Å². The van der Waals surface area contributed by atoms with Crippen LogP contribution >= 0.6 is 0 Å². The summed E-state index contributed by atoms with van der Waals surface area (Å²) >= 11 is 0. The fraction of sp³-hybridized carbons (Fsp3) is 0.625. The van der Waals surface area contributed by atoms with E-state index in [0.29, 0.717) is 12.6 Å². The Labute approximate surface area is 116 Å². The summed E-state index contributed by atoms with van der Waals surface area (Å²) in [4.78, 5) is 0. The average Bonchev–Trinajstić information content (AvgIpc) is 2.38. The van der Waals surface area contributed by atoms with Crippen molar-refractivity contribution < 1.29 is 9.84 Å². The van der Waals surface area contributed by atoms with E-state index in [1.807, 2.05) is 12.1 Å². The lowest BCUT2D eigenvalue weighted by molar-refractivity contribution is -0.0764. The minimum atomic E-state index is -0.185. The van der Waals surface area contributed by atoms with Gasteiger partial charge in [0.1, 0.15) is 12.4 Å². The molecule has 3 nitrogen and oxygen atoms in total. The molecule has 2 N–H and O–H groups in total. The molecule has 0 aliphatic heterocycles. The topological polar surface area (TPSA) is 41.5 Å². The van der Waals surface area contributed by atoms with Crippen molar-refractivity contribution >= 4 is 0 Å². The Balaban J connectivity index is 1.76. The molecule has 0 saturated heterocycles. The highest BCUT2D eigenvalue weighted by molar-refractivity contribution is 5.26. The molecule has 106 valence electrons. The van der Waals surface area contributed by atoms with Crippen molar-refractivity contribution in [1.82, 2.24) is 5.32 Å². The first-order valence-electron chi connectivity index (χ1n) is 7.03. The van der Waals surface area contributed by atoms with Gasteiger partial charge in [-0.3, -0.25) is 0 Å². The predicted octanol–water partition coefficient (Wildman–Crippen LogP) is 2.51. The highest BCUT2D eigenvalue weighted by Gasteiger charge is 2.47. The summed E-state index contributed by atoms with van der Waals surface area (Å²) in [6, 6.07) is 8.76. The van der Waals surface area contributed by atoms with Crippen molar-refractivity contribution in [2.45, 2.75) is 52.3 Å². The molecule has 3 heteroatoms. The van der Waals surface area contributed by atoms with Crippen molar-refractivity contribution in [2.24, 2.45) is 5.41 Å². The molecule has 1 aliphatic carbocycles. The fourth-order valence-electron chi connectivity index (χ4n) is 2.43. The number of ether oxygens (including phenoxy) is 1. The SMILES string of the molecule is Cc1ccc(OCC(C)NC2CC(O)C2(C)C)cc1. The third-order valence-corrected chi connectivity index (χ3v) is 4.22. The molecule has 3 atom stereocenters. The minimum absolute atomic E-state index is 0.0296. The van der Waals surface area contributed by atoms with Gasteiger partial charge in [0, 0.05) is 17.5 Å². The number of nitrogens with one attached hydrogen (secondary N) is 1. The van der Waals surface area contributed by atoms with Gasteiger partial charge in [-0.05, 0) is 32.4 Å². The summed E-state index contributed by atoms with van der Waals surface area (Å²) in [5.74, 6) is 0.909. The smallest absolute Gasteiger partial charge is 0.119 e. The van der Waals surface area contributed by atoms with Crippen LogP contribution < -0.4 is 10.1 Å². The molecule has 1 saturated carbocycles. The molecule has 0 radical (unpaired) electrons. The Morgan fingerprint density at radius 2 is 2.00 bits per heavy atom. The second-order valence-corrected chi connectivity index (χ2v) is 6.32. The largest absolute Gasteiger partial charge is 0.492 e. The van der Waals surface area contributed by atoms with Crippen molar-refractivity contribution in [3.63, 3.8) is 0 Å². The number of aliphatic hydroxyl groups excluding tert-OH is 1. The number of aliphatic hydroxyl groups is 1. The maximum atomic E-state index is 9.72. The molecule has 0 spiro atoms. The van der Waals surface area contributed by atoms with Crippen LogP contribution in [0, 0.1) is 12.3 Å². The first-order valence-corrected chi connectivity index (χ1v) is 7.03. The van der Waals surface area contributed by atoms with Crippen LogP contribution in [0.15, 0.2) is 24.3 Å². The van der Waals surface area contributed by atoms with E-state index in [1.54, 1.807) is 0 Å². The number of rotatable bonds is 5. The molecule has 0 bridgehead atoms. The molecule has 0 heterocycles. The van der Waals surface area contributed by atoms with Gasteiger partial charge < -0.3 is 15.2 Å². The molecule has 0 amide bonds. The molecule has 1 aromatic carbocycles. The van der Waals surface area contributed by atoms with E-state index in [4.69, 9.17) is 4.74 Å². The van der Waals surface area contributed by atoms with Crippen LogP contribution in [-0.2, 0) is 0 Å². The maximum Gasteiger partial charge on any atom is 0.119 e. The van der Waals surface area contributed by atoms with Crippen LogP contribution in [0.5, 0.6) is 5.75 Å². The molecule has 1 aromatic rings. The zero-order chi connectivity index (χ0) is 14.0. The monoisotopic (exact) mass is 263 g/mol. The van der Waals surface area contributed by atoms with E-state index >= 15 is 0 Å². The van der Waals surface area contributed by atoms with E-state index in [-0.39, 0.29) is 17.6 Å². The molecular weight excluding hydrogens is 238 g/mol. The summed E-state index contributed by atoms with van der Waals surface area (Å²) in [6.07, 6.45) is 0.650. The summed E-state index contributed by atoms with van der Waals surface area (Å²) in [5.41, 5.74) is 1.21. The standard InChI is InChI=1S/C16H25NO2/c1-11-5-7-13(8-6-11)19-10-12(2)17-14-9-15(18)16(14,3)4/h5-8,12,14-15,17-18H,9-10H2,1-4H3. The second-order valence-electron chi connectivity index (χ2n) is 6.32. The van der Waals surface area contributed by atoms with Crippen molar-refractivity contribution in [1.29, 1.82) is 0 Å². The lowest BCUT2D eigenvalue weighted by Gasteiger charge is -2.50. The number of aryl methyl sites for hydroxylation is 1. The number of benzene rings is 1. The van der Waals surface area contributed by atoms with Gasteiger partial charge in [0.15, 0.2) is 0 Å². The van der Waals surface area contributed by atoms with Crippen molar-refractivity contribution in [3.8, 4) is 5.75 Å². The van der Waals surface area contributed by atoms with Gasteiger partial charge in [-0.15, -0.1) is 0 Å². The van der Waals surface area contributed by atoms with Gasteiger partial charge in [0.05, 0.1) is 6.10 Å². The molecule has 0 aromatic heterocycles. The quantitative estimate of drug-likeness (QED) is 0.857. The third-order valence-electron chi connectivity index (χ3n) is 4.22. The van der Waals surface area contributed by atoms with E-state index in [1.165, 1.54) is 5.56 Å². The van der Waals surface area contributed by atoms with Gasteiger partial charge in [-0.25, -0.2) is 0 Å². The summed E-state index contributed by atoms with van der Waals surface area (Å²) in [6.45, 7) is 9.04. The lowest BCUT2D eigenvalue weighted by atomic mass is 9.64. The van der Waals surface area contributed by atoms with Crippen molar-refractivity contribution in [2.75, 3.05) is 6.61 Å². The second kappa shape index (κ2) is 5.51. The van der Waals surface area contributed by atoms with Gasteiger partial charge in [0.25, 0.3) is 0 Å². The first kappa shape index (κ1) is 14.4. The van der Waals surface area contributed by atoms with Gasteiger partial charge in [-0.2, -0.15) is 0 Å². The summed E-state index contributed by atoms with van der Waals surface area (Å²) in [5, 5.41) is 13.3. The third kappa shape index (κ3) is 3.28. The predicted molar refractivity (Wildman–Crippen MR) is 77.5 cm³/mol. The first-order chi connectivity index (χ1) is 8.89. The van der Waals surface area contributed by atoms with Gasteiger partial charge >= 0.3 is 0 Å². The van der Waals surface area contributed by atoms with E-state index in [9.17, 15) is 5.11 Å². The molecule has 1 aliphatic rings. The average molecular weight is 263 g/mol. The normalized spacial score (nSPS) is 26.6. The Morgan fingerprint density at radius 1 is 1.37 bits per heavy atom. The Hall–Kier alpha value is -1.06. The van der Waals surface area contributed by atoms with E-state index in [0.717, 1.165) is 12.2 Å². The van der Waals surface area contributed by atoms with Crippen LogP contribution in [0.3, 0.4) is 0 Å². The lowest BCUT2D eigenvalue weighted by Crippen LogP contribution is -2.62. The van der Waals surface area contributed by atoms with E-state index in [2.05, 4.69) is 45.1 Å². The van der Waals surface area contributed by atoms with Crippen LogP contribution in [0.2, 0.25) is 0 Å². The zero-order valence-corrected chi connectivity index (χ0v) is 12.3. The van der Waals surface area contributed by atoms with Gasteiger partial charge in [-0.1, -0.05) is 31.5 Å². The molecule has 19 heavy (non-hydrogen) atoms. The zero-order valence-electron chi connectivity index (χ0n) is 12.3. The van der Waals surface area contributed by atoms with E-state index < -0.39 is 0 Å². The fourth-order valence-corrected chi connectivity index (χ4v) is 2.43. The van der Waals surface area contributed by atoms with Crippen LogP contribution in [0.1, 0.15) is 32.8 Å². The van der Waals surface area contributed by atoms with Crippen molar-refractivity contribution in [3.05, 3.63) is 29.8 Å². The number of hydrogen-bond acceptors (Lipinski definition) is 3. The van der Waals surface area contributed by atoms with Gasteiger partial charge in [0.2, 0.25) is 0 Å². The summed E-state index contributed by atoms with van der Waals surface area (Å²) in [7, 11) is 0. The molecular formula is C16H25NO2. The molecule has 3 unspecified atom stereocenters. The van der Waals surface area contributed by atoms with Crippen LogP contribution in [0.4, 0.5) is 0 Å². The minimum Gasteiger partial charge on any atom is -0.492 e. The maximum absolute atomic E-state index is 9.72. The molecule has 2 rings (SSSR count). The highest BCUT2D eigenvalue weighted by atomic mass is 16.5.